The molecule has 11 heavy (non-hydrogen) atoms. The summed E-state index contributed by atoms with van der Waals surface area (Å²) >= 11 is 0. The molecule has 0 spiro atoms. The number of hydrogen-bond donors (Lipinski definition) is 3. The molecule has 56 valence electrons. The zero-order valence-electron chi connectivity index (χ0n) is 5.81. The molecule has 0 heterocycles. The average molecular weight is 168 g/mol. The Bertz CT molecular complexity index is 166. The van der Waals surface area contributed by atoms with E-state index in [1.807, 2.05) is 0 Å². The number of carbonyl (C=O) groups is 1. The molecule has 0 radical (unpaired) electrons. The van der Waals surface area contributed by atoms with Gasteiger partial charge >= 0.3 is 29.6 Å². The van der Waals surface area contributed by atoms with E-state index in [0.717, 1.165) is 0 Å². The van der Waals surface area contributed by atoms with Gasteiger partial charge in [0.2, 0.25) is 18.3 Å². The first-order valence-electron chi connectivity index (χ1n) is 1.88. The minimum atomic E-state index is -2.08. The van der Waals surface area contributed by atoms with E-state index < -0.39 is 6.16 Å². The molecule has 0 bridgehead atoms. The molecule has 0 saturated heterocycles. The number of nitriles is 1. The fourth-order valence-electron chi connectivity index (χ4n) is 0.0577. The first-order chi connectivity index (χ1) is 4.50. The molecule has 0 saturated carbocycles. The molecule has 0 atom stereocenters. The molecule has 0 aliphatic heterocycles. The van der Waals surface area contributed by atoms with Crippen molar-refractivity contribution in [2.24, 2.45) is 16.5 Å². The molecule has 5 N–H and O–H groups in total. The van der Waals surface area contributed by atoms with E-state index in [9.17, 15) is 0 Å². The Morgan fingerprint density at radius 1 is 1.64 bits per heavy atom. The summed E-state index contributed by atoms with van der Waals surface area (Å²) in [6.45, 7) is 0. The van der Waals surface area contributed by atoms with Crippen LogP contribution in [-0.4, -0.2) is 17.2 Å². The summed E-state index contributed by atoms with van der Waals surface area (Å²) in [4.78, 5) is 11.3. The number of hydrogen-bond acceptors (Lipinski definition) is 4. The summed E-state index contributed by atoms with van der Waals surface area (Å²) in [5.74, 6) is -0.197. The molecule has 0 fully saturated rings. The van der Waals surface area contributed by atoms with Gasteiger partial charge in [0, 0.05) is 0 Å². The second-order valence-electron chi connectivity index (χ2n) is 0.903. The van der Waals surface area contributed by atoms with E-state index in [1.165, 1.54) is 6.19 Å². The van der Waals surface area contributed by atoms with Crippen LogP contribution in [0.2, 0.25) is 0 Å². The molecule has 0 amide bonds. The van der Waals surface area contributed by atoms with Gasteiger partial charge in [-0.2, -0.15) is 5.26 Å². The molecular weight excluding hydrogens is 163 g/mol. The first kappa shape index (κ1) is 16.5. The molecule has 0 aromatic rings. The topological polar surface area (TPSA) is 149 Å². The molecular formula is C3H5N4NaO3. The maximum Gasteiger partial charge on any atom is 1.00 e. The predicted octanol–water partition coefficient (Wildman–Crippen LogP) is -5.37. The minimum absolute atomic E-state index is 0. The Labute approximate surface area is 84.6 Å². The second-order valence-corrected chi connectivity index (χ2v) is 0.903. The van der Waals surface area contributed by atoms with Crippen molar-refractivity contribution in [3.63, 3.8) is 0 Å². The fourth-order valence-corrected chi connectivity index (χ4v) is 0.0577. The SMILES string of the molecule is N#CN=C(N)N.O=C([O-])O.[Na+]. The van der Waals surface area contributed by atoms with Crippen molar-refractivity contribution in [1.82, 2.24) is 0 Å². The van der Waals surface area contributed by atoms with Crippen LogP contribution >= 0.6 is 0 Å². The van der Waals surface area contributed by atoms with Crippen LogP contribution in [0.5, 0.6) is 0 Å². The van der Waals surface area contributed by atoms with Gasteiger partial charge in [0.25, 0.3) is 0 Å². The van der Waals surface area contributed by atoms with Crippen molar-refractivity contribution in [3.8, 4) is 6.19 Å². The number of aliphatic imine (C=N–C) groups is 1. The van der Waals surface area contributed by atoms with E-state index in [2.05, 4.69) is 4.99 Å². The molecule has 7 nitrogen and oxygen atoms in total. The van der Waals surface area contributed by atoms with Crippen molar-refractivity contribution in [2.75, 3.05) is 0 Å². The Balaban J connectivity index is -0.000000114. The van der Waals surface area contributed by atoms with Crippen LogP contribution in [0, 0.1) is 11.5 Å². The van der Waals surface area contributed by atoms with Crippen LogP contribution in [0.25, 0.3) is 0 Å². The summed E-state index contributed by atoms with van der Waals surface area (Å²) in [6, 6.07) is 0. The van der Waals surface area contributed by atoms with Crippen LogP contribution in [0.1, 0.15) is 0 Å². The van der Waals surface area contributed by atoms with Crippen LogP contribution in [0.3, 0.4) is 0 Å². The normalized spacial score (nSPS) is 5.36. The average Bonchev–Trinajstić information content (AvgIpc) is 1.62. The second kappa shape index (κ2) is 11.8. The van der Waals surface area contributed by atoms with Gasteiger partial charge in [-0.25, -0.2) is 0 Å². The Morgan fingerprint density at radius 2 is 1.91 bits per heavy atom. The first-order valence-corrected chi connectivity index (χ1v) is 1.88. The van der Waals surface area contributed by atoms with E-state index in [1.54, 1.807) is 0 Å². The van der Waals surface area contributed by atoms with E-state index >= 15 is 0 Å². The van der Waals surface area contributed by atoms with Gasteiger partial charge in [0.1, 0.15) is 0 Å². The summed E-state index contributed by atoms with van der Waals surface area (Å²) in [6.07, 6.45) is -0.678. The standard InChI is InChI=1S/C2H4N4.CH2O3.Na/c3-1-6-2(4)5;2-1(3)4;/h(H4,4,5,6);(H2,2,3,4);/q;;+1/p-1. The number of nitrogens with zero attached hydrogens (tertiary/aromatic N) is 2. The van der Waals surface area contributed by atoms with Crippen molar-refractivity contribution in [1.29, 1.82) is 5.26 Å². The van der Waals surface area contributed by atoms with E-state index in [-0.39, 0.29) is 35.5 Å². The smallest absolute Gasteiger partial charge is 0.565 e. The Kier molecular flexibility index (Phi) is 17.7. The quantitative estimate of drug-likeness (QED) is 0.142. The summed E-state index contributed by atoms with van der Waals surface area (Å²) in [5.41, 5.74) is 9.42. The largest absolute Gasteiger partial charge is 1.00 e. The molecule has 0 aliphatic rings. The number of guanidine groups is 1. The van der Waals surface area contributed by atoms with Gasteiger partial charge in [-0.05, 0) is 0 Å². The third kappa shape index (κ3) is 108. The van der Waals surface area contributed by atoms with Crippen molar-refractivity contribution >= 4 is 12.1 Å². The molecule has 0 aliphatic carbocycles. The fraction of sp³-hybridized carbons (Fsp3) is 0. The number of nitrogens with two attached hydrogens (primary N) is 2. The third-order valence-corrected chi connectivity index (χ3v) is 0.179. The Hall–Kier alpha value is -0.970. The van der Waals surface area contributed by atoms with Gasteiger partial charge < -0.3 is 26.5 Å². The van der Waals surface area contributed by atoms with Crippen molar-refractivity contribution in [2.45, 2.75) is 0 Å². The van der Waals surface area contributed by atoms with E-state index in [4.69, 9.17) is 31.7 Å². The van der Waals surface area contributed by atoms with E-state index in [0.29, 0.717) is 0 Å². The van der Waals surface area contributed by atoms with Crippen molar-refractivity contribution < 1.29 is 44.6 Å². The maximum atomic E-state index is 8.44. The summed E-state index contributed by atoms with van der Waals surface area (Å²) in [7, 11) is 0. The van der Waals surface area contributed by atoms with Crippen molar-refractivity contribution in [3.05, 3.63) is 0 Å². The van der Waals surface area contributed by atoms with Crippen LogP contribution in [0.4, 0.5) is 4.79 Å². The molecule has 0 aromatic heterocycles. The molecule has 0 aromatic carbocycles. The summed E-state index contributed by atoms with van der Waals surface area (Å²) < 4.78 is 0. The zero-order chi connectivity index (χ0) is 8.57. The number of rotatable bonds is 0. The minimum Gasteiger partial charge on any atom is -0.565 e. The van der Waals surface area contributed by atoms with Crippen LogP contribution in [0.15, 0.2) is 4.99 Å². The molecule has 0 unspecified atom stereocenters. The zero-order valence-corrected chi connectivity index (χ0v) is 7.81. The predicted molar refractivity (Wildman–Crippen MR) is 29.4 cm³/mol. The van der Waals surface area contributed by atoms with Gasteiger partial charge in [-0.3, -0.25) is 0 Å². The summed E-state index contributed by atoms with van der Waals surface area (Å²) in [5, 5.41) is 22.9. The third-order valence-electron chi connectivity index (χ3n) is 0.179. The van der Waals surface area contributed by atoms with Gasteiger partial charge in [0.05, 0.1) is 0 Å². The molecule has 8 heteroatoms. The van der Waals surface area contributed by atoms with Crippen LogP contribution < -0.4 is 46.1 Å². The van der Waals surface area contributed by atoms with Crippen LogP contribution in [-0.2, 0) is 0 Å². The maximum absolute atomic E-state index is 8.44. The van der Waals surface area contributed by atoms with Gasteiger partial charge in [-0.15, -0.1) is 4.99 Å². The van der Waals surface area contributed by atoms with Gasteiger partial charge in [0.15, 0.2) is 0 Å². The monoisotopic (exact) mass is 168 g/mol. The van der Waals surface area contributed by atoms with Gasteiger partial charge in [-0.1, -0.05) is 0 Å². The Morgan fingerprint density at radius 3 is 1.91 bits per heavy atom. The number of carboxylic acid groups (broad SMARTS) is 2. The molecule has 0 rings (SSSR count).